The topological polar surface area (TPSA) is 65.7 Å². The third kappa shape index (κ3) is 2.54. The van der Waals surface area contributed by atoms with Gasteiger partial charge in [0.1, 0.15) is 5.69 Å². The highest BCUT2D eigenvalue weighted by atomic mass is 32.1. The first-order valence-electron chi connectivity index (χ1n) is 6.27. The van der Waals surface area contributed by atoms with Crippen LogP contribution in [0.4, 0.5) is 5.69 Å². The summed E-state index contributed by atoms with van der Waals surface area (Å²) in [6, 6.07) is 7.30. The molecule has 2 aromatic rings. The predicted octanol–water partition coefficient (Wildman–Crippen LogP) is 2.92. The number of nitroso groups, excluding NO2 is 1. The molecule has 0 unspecified atom stereocenters. The monoisotopic (exact) mass is 276 g/mol. The molecule has 0 bridgehead atoms. The minimum Gasteiger partial charge on any atom is -0.381 e. The number of hydrogen-bond donors (Lipinski definition) is 0. The molecule has 1 fully saturated rings. The Morgan fingerprint density at radius 1 is 1.32 bits per heavy atom. The molecule has 19 heavy (non-hydrogen) atoms. The first kappa shape index (κ1) is 12.4. The van der Waals surface area contributed by atoms with Crippen LogP contribution in [0, 0.1) is 4.91 Å². The molecule has 1 aromatic heterocycles. The van der Waals surface area contributed by atoms with Crippen LogP contribution in [0.2, 0.25) is 0 Å². The van der Waals surface area contributed by atoms with Crippen molar-refractivity contribution in [3.05, 3.63) is 34.2 Å². The van der Waals surface area contributed by atoms with E-state index in [4.69, 9.17) is 4.74 Å². The van der Waals surface area contributed by atoms with Crippen molar-refractivity contribution in [1.82, 2.24) is 5.10 Å². The molecule has 1 aliphatic heterocycles. The lowest BCUT2D eigenvalue weighted by Crippen LogP contribution is -2.15. The van der Waals surface area contributed by atoms with Gasteiger partial charge in [0.25, 0.3) is 5.01 Å². The molecule has 5 nitrogen and oxygen atoms in total. The van der Waals surface area contributed by atoms with Crippen LogP contribution < -0.4 is 5.10 Å². The molecule has 0 radical (unpaired) electrons. The lowest BCUT2D eigenvalue weighted by atomic mass is 10.0. The molecule has 6 heteroatoms. The maximum atomic E-state index is 10.8. The van der Waals surface area contributed by atoms with Crippen molar-refractivity contribution in [3.63, 3.8) is 0 Å². The van der Waals surface area contributed by atoms with Gasteiger partial charge in [0.15, 0.2) is 5.01 Å². The van der Waals surface area contributed by atoms with Gasteiger partial charge in [0, 0.05) is 24.2 Å². The van der Waals surface area contributed by atoms with Crippen molar-refractivity contribution in [2.75, 3.05) is 13.2 Å². The van der Waals surface area contributed by atoms with Gasteiger partial charge < -0.3 is 4.74 Å². The Labute approximate surface area is 114 Å². The molecular formula is C13H14N3O2S+. The molecule has 1 aliphatic rings. The zero-order valence-electron chi connectivity index (χ0n) is 10.3. The third-order valence-electron chi connectivity index (χ3n) is 3.29. The normalized spacial score (nSPS) is 16.4. The predicted molar refractivity (Wildman–Crippen MR) is 72.4 cm³/mol. The quantitative estimate of drug-likeness (QED) is 0.809. The highest BCUT2D eigenvalue weighted by molar-refractivity contribution is 7.14. The van der Waals surface area contributed by atoms with Crippen LogP contribution in [-0.4, -0.2) is 18.3 Å². The summed E-state index contributed by atoms with van der Waals surface area (Å²) < 4.78 is 5.36. The first-order valence-corrected chi connectivity index (χ1v) is 7.09. The van der Waals surface area contributed by atoms with Crippen molar-refractivity contribution in [3.8, 4) is 10.6 Å². The van der Waals surface area contributed by atoms with Crippen LogP contribution in [0.25, 0.3) is 10.6 Å². The highest BCUT2D eigenvalue weighted by Gasteiger charge is 2.24. The lowest BCUT2D eigenvalue weighted by Gasteiger charge is -2.18. The smallest absolute Gasteiger partial charge is 0.296 e. The minimum absolute atomic E-state index is 0.445. The summed E-state index contributed by atoms with van der Waals surface area (Å²) in [4.78, 5) is 10.8. The molecule has 0 spiro atoms. The summed E-state index contributed by atoms with van der Waals surface area (Å²) in [5.74, 6) is 0.458. The summed E-state index contributed by atoms with van der Waals surface area (Å²) in [6.45, 7) is 1.60. The molecule has 0 atom stereocenters. The zero-order chi connectivity index (χ0) is 13.1. The second kappa shape index (κ2) is 5.54. The Bertz CT molecular complexity index is 579. The summed E-state index contributed by atoms with van der Waals surface area (Å²) in [7, 11) is 0. The minimum atomic E-state index is 0.445. The van der Waals surface area contributed by atoms with Gasteiger partial charge in [-0.1, -0.05) is 17.2 Å². The number of ether oxygens (including phenoxy) is 1. The van der Waals surface area contributed by atoms with Gasteiger partial charge in [-0.05, 0) is 41.5 Å². The Kier molecular flexibility index (Phi) is 3.61. The van der Waals surface area contributed by atoms with E-state index >= 15 is 0 Å². The molecule has 1 aromatic carbocycles. The molecule has 0 saturated carbocycles. The fourth-order valence-corrected chi connectivity index (χ4v) is 3.31. The van der Waals surface area contributed by atoms with E-state index in [0.29, 0.717) is 11.6 Å². The summed E-state index contributed by atoms with van der Waals surface area (Å²) in [5, 5.41) is 12.4. The van der Waals surface area contributed by atoms with Crippen molar-refractivity contribution in [2.45, 2.75) is 18.8 Å². The molecule has 0 amide bonds. The van der Waals surface area contributed by atoms with E-state index < -0.39 is 0 Å². The molecule has 1 N–H and O–H groups in total. The zero-order valence-corrected chi connectivity index (χ0v) is 11.2. The molecule has 0 aliphatic carbocycles. The van der Waals surface area contributed by atoms with Crippen molar-refractivity contribution < 1.29 is 9.84 Å². The van der Waals surface area contributed by atoms with Gasteiger partial charge in [-0.15, -0.1) is 4.91 Å². The van der Waals surface area contributed by atoms with E-state index in [9.17, 15) is 4.91 Å². The largest absolute Gasteiger partial charge is 0.381 e. The number of nitrogens with one attached hydrogen (secondary N) is 1. The van der Waals surface area contributed by atoms with Crippen molar-refractivity contribution >= 4 is 17.0 Å². The van der Waals surface area contributed by atoms with Crippen LogP contribution in [0.5, 0.6) is 0 Å². The van der Waals surface area contributed by atoms with E-state index in [-0.39, 0.29) is 0 Å². The standard InChI is InChI=1S/C13H13N3O2S/c17-16-11-4-2-1-3-10(11)13-15-14-12(19-13)9-5-7-18-8-6-9/h1-4,9H,5-8H2/p+1. The van der Waals surface area contributed by atoms with Crippen LogP contribution in [0.1, 0.15) is 23.8 Å². The van der Waals surface area contributed by atoms with Gasteiger partial charge in [-0.2, -0.15) is 0 Å². The van der Waals surface area contributed by atoms with E-state index in [2.05, 4.69) is 15.4 Å². The molecule has 3 rings (SSSR count). The maximum absolute atomic E-state index is 10.8. The number of hydrogen-bond acceptors (Lipinski definition) is 5. The second-order valence-electron chi connectivity index (χ2n) is 4.49. The number of aromatic nitrogens is 2. The lowest BCUT2D eigenvalue weighted by molar-refractivity contribution is -0.437. The van der Waals surface area contributed by atoms with Gasteiger partial charge >= 0.3 is 0 Å². The van der Waals surface area contributed by atoms with Gasteiger partial charge in [0.05, 0.1) is 5.56 Å². The SMILES string of the molecule is O=Nc1ccccc1-c1[nH+]nc(C2CCOCC2)s1. The average Bonchev–Trinajstić information content (AvgIpc) is 2.98. The summed E-state index contributed by atoms with van der Waals surface area (Å²) >= 11 is 1.60. The van der Waals surface area contributed by atoms with Crippen molar-refractivity contribution in [2.24, 2.45) is 5.18 Å². The van der Waals surface area contributed by atoms with Crippen molar-refractivity contribution in [1.29, 1.82) is 0 Å². The van der Waals surface area contributed by atoms with Crippen LogP contribution in [-0.2, 0) is 4.74 Å². The second-order valence-corrected chi connectivity index (χ2v) is 5.52. The van der Waals surface area contributed by atoms with E-state index in [1.807, 2.05) is 12.1 Å². The maximum Gasteiger partial charge on any atom is 0.296 e. The number of nitrogens with zero attached hydrogens (tertiary/aromatic N) is 2. The first-order chi connectivity index (χ1) is 9.38. The fraction of sp³-hybridized carbons (Fsp3) is 0.385. The Balaban J connectivity index is 1.90. The van der Waals surface area contributed by atoms with Crippen LogP contribution in [0.3, 0.4) is 0 Å². The summed E-state index contributed by atoms with van der Waals surface area (Å²) in [6.07, 6.45) is 2.02. The Hall–Kier alpha value is -1.66. The summed E-state index contributed by atoms with van der Waals surface area (Å²) in [5.41, 5.74) is 1.26. The highest BCUT2D eigenvalue weighted by Crippen LogP contribution is 2.34. The van der Waals surface area contributed by atoms with E-state index in [0.717, 1.165) is 41.6 Å². The Morgan fingerprint density at radius 3 is 2.89 bits per heavy atom. The average molecular weight is 276 g/mol. The molecular weight excluding hydrogens is 262 g/mol. The van der Waals surface area contributed by atoms with Gasteiger partial charge in [-0.3, -0.25) is 0 Å². The van der Waals surface area contributed by atoms with E-state index in [1.165, 1.54) is 0 Å². The molecule has 1 saturated heterocycles. The van der Waals surface area contributed by atoms with E-state index in [1.54, 1.807) is 23.5 Å². The molecule has 2 heterocycles. The van der Waals surface area contributed by atoms with Gasteiger partial charge in [-0.25, -0.2) is 0 Å². The third-order valence-corrected chi connectivity index (χ3v) is 4.44. The Morgan fingerprint density at radius 2 is 2.11 bits per heavy atom. The fourth-order valence-electron chi connectivity index (χ4n) is 2.24. The number of aromatic amines is 1. The number of rotatable bonds is 3. The van der Waals surface area contributed by atoms with Crippen LogP contribution >= 0.6 is 11.3 Å². The number of benzene rings is 1. The molecule has 98 valence electrons. The number of H-pyrrole nitrogens is 1. The van der Waals surface area contributed by atoms with Gasteiger partial charge in [0.2, 0.25) is 0 Å². The van der Waals surface area contributed by atoms with Crippen LogP contribution in [0.15, 0.2) is 29.4 Å².